The second-order valence-corrected chi connectivity index (χ2v) is 16.5. The zero-order valence-corrected chi connectivity index (χ0v) is 42.5. The van der Waals surface area contributed by atoms with Crippen molar-refractivity contribution in [3.05, 3.63) is 190 Å². The topological polar surface area (TPSA) is 223 Å². The van der Waals surface area contributed by atoms with Gasteiger partial charge in [0.25, 0.3) is 0 Å². The molecule has 0 aromatic heterocycles. The Morgan fingerprint density at radius 3 is 0.618 bits per heavy atom. The van der Waals surface area contributed by atoms with E-state index >= 15 is 0 Å². The minimum absolute atomic E-state index is 0.0451. The highest BCUT2D eigenvalue weighted by Gasteiger charge is 2.25. The van der Waals surface area contributed by atoms with E-state index in [4.69, 9.17) is 37.9 Å². The van der Waals surface area contributed by atoms with Crippen LogP contribution in [0.5, 0.6) is 69.0 Å². The van der Waals surface area contributed by atoms with Crippen molar-refractivity contribution in [1.29, 1.82) is 0 Å². The summed E-state index contributed by atoms with van der Waals surface area (Å²) in [5, 5.41) is 42.0. The molecule has 0 bridgehead atoms. The predicted octanol–water partition coefficient (Wildman–Crippen LogP) is 10.5. The third-order valence-corrected chi connectivity index (χ3v) is 12.2. The van der Waals surface area contributed by atoms with Crippen molar-refractivity contribution in [3.8, 4) is 91.2 Å². The zero-order valence-electron chi connectivity index (χ0n) is 42.5. The molecule has 0 aliphatic carbocycles. The lowest BCUT2D eigenvalue weighted by atomic mass is 9.94. The third-order valence-electron chi connectivity index (χ3n) is 12.2. The fraction of sp³-hybridized carbons (Fsp3) is 0.133. The van der Waals surface area contributed by atoms with Gasteiger partial charge in [-0.15, -0.1) is 0 Å². The first-order valence-corrected chi connectivity index (χ1v) is 23.0. The molecule has 0 aliphatic rings. The summed E-state index contributed by atoms with van der Waals surface area (Å²) in [7, 11) is 11.8. The van der Waals surface area contributed by atoms with Crippen LogP contribution in [0.1, 0.15) is 63.7 Å². The molecular formula is C60H52O16. The Hall–Kier alpha value is -9.96. The van der Waals surface area contributed by atoms with Gasteiger partial charge in [-0.25, -0.2) is 0 Å². The first-order chi connectivity index (χ1) is 36.6. The highest BCUT2D eigenvalue weighted by atomic mass is 16.5. The monoisotopic (exact) mass is 1030 g/mol. The molecule has 4 N–H and O–H groups in total. The summed E-state index contributed by atoms with van der Waals surface area (Å²) in [6, 6.07) is 37.3. The van der Waals surface area contributed by atoms with Crippen molar-refractivity contribution >= 4 is 23.1 Å². The first kappa shape index (κ1) is 53.8. The lowest BCUT2D eigenvalue weighted by molar-refractivity contribution is 0.102. The minimum atomic E-state index is -0.457. The van der Waals surface area contributed by atoms with Gasteiger partial charge in [-0.3, -0.25) is 19.2 Å². The van der Waals surface area contributed by atoms with Gasteiger partial charge in [-0.05, 0) is 119 Å². The van der Waals surface area contributed by atoms with Crippen molar-refractivity contribution in [2.45, 2.75) is 0 Å². The normalized spacial score (nSPS) is 10.5. The van der Waals surface area contributed by atoms with Crippen LogP contribution in [-0.4, -0.2) is 100 Å². The highest BCUT2D eigenvalue weighted by Crippen LogP contribution is 2.38. The van der Waals surface area contributed by atoms with E-state index in [9.17, 15) is 39.6 Å². The maximum atomic E-state index is 13.4. The molecule has 8 aromatic carbocycles. The van der Waals surface area contributed by atoms with Crippen LogP contribution in [0.4, 0.5) is 0 Å². The summed E-state index contributed by atoms with van der Waals surface area (Å²) in [6.07, 6.45) is 0. The van der Waals surface area contributed by atoms with E-state index in [0.29, 0.717) is 68.2 Å². The zero-order chi connectivity index (χ0) is 54.8. The molecule has 0 amide bonds. The lowest BCUT2D eigenvalue weighted by Gasteiger charge is -2.13. The molecule has 0 saturated carbocycles. The number of hydrogen-bond acceptors (Lipinski definition) is 16. The van der Waals surface area contributed by atoms with E-state index in [1.165, 1.54) is 105 Å². The van der Waals surface area contributed by atoms with Crippen LogP contribution in [0.3, 0.4) is 0 Å². The van der Waals surface area contributed by atoms with Gasteiger partial charge < -0.3 is 58.3 Å². The van der Waals surface area contributed by atoms with E-state index in [2.05, 4.69) is 0 Å². The average Bonchev–Trinajstić information content (AvgIpc) is 3.46. The van der Waals surface area contributed by atoms with Crippen LogP contribution in [0, 0.1) is 0 Å². The highest BCUT2D eigenvalue weighted by molar-refractivity contribution is 6.15. The number of methoxy groups -OCH3 is 8. The van der Waals surface area contributed by atoms with Crippen LogP contribution in [0.25, 0.3) is 22.3 Å². The van der Waals surface area contributed by atoms with E-state index in [1.807, 2.05) is 0 Å². The predicted molar refractivity (Wildman–Crippen MR) is 282 cm³/mol. The number of aromatic hydroxyl groups is 4. The van der Waals surface area contributed by atoms with Gasteiger partial charge in [0.1, 0.15) is 69.0 Å². The molecule has 76 heavy (non-hydrogen) atoms. The number of phenols is 4. The number of ketones is 4. The van der Waals surface area contributed by atoms with Crippen molar-refractivity contribution in [2.75, 3.05) is 56.9 Å². The molecule has 0 saturated heterocycles. The van der Waals surface area contributed by atoms with Gasteiger partial charge >= 0.3 is 0 Å². The van der Waals surface area contributed by atoms with Gasteiger partial charge in [0, 0.05) is 24.3 Å². The number of hydrogen-bond donors (Lipinski definition) is 4. The second kappa shape index (κ2) is 23.7. The van der Waals surface area contributed by atoms with E-state index in [1.54, 1.807) is 97.1 Å². The smallest absolute Gasteiger partial charge is 0.200 e. The largest absolute Gasteiger partial charge is 0.507 e. The molecule has 8 aromatic rings. The summed E-state index contributed by atoms with van der Waals surface area (Å²) in [5.41, 5.74) is 3.36. The molecule has 0 unspecified atom stereocenters. The maximum absolute atomic E-state index is 13.4. The van der Waals surface area contributed by atoms with E-state index in [0.717, 1.165) is 0 Å². The van der Waals surface area contributed by atoms with E-state index < -0.39 is 23.1 Å². The molecule has 16 heteroatoms. The van der Waals surface area contributed by atoms with Gasteiger partial charge in [0.05, 0.1) is 101 Å². The summed E-state index contributed by atoms with van der Waals surface area (Å²) < 4.78 is 42.2. The Bertz CT molecular complexity index is 3050. The van der Waals surface area contributed by atoms with Crippen LogP contribution in [0.15, 0.2) is 146 Å². The summed E-state index contributed by atoms with van der Waals surface area (Å²) in [6.45, 7) is 0. The Balaban J connectivity index is 0.000000221. The quantitative estimate of drug-likeness (QED) is 0.0587. The van der Waals surface area contributed by atoms with Crippen LogP contribution in [-0.2, 0) is 0 Å². The molecule has 16 nitrogen and oxygen atoms in total. The minimum Gasteiger partial charge on any atom is -0.507 e. The standard InChI is InChI=1S/2C30H26O8/c2*1-35-19-7-9-21(27(15-19)37-3)29(33)23-13-17(5-11-25(23)31)18-6-12-26(32)24(14-18)30(34)22-10-8-20(36-2)16-28(22)38-4/h2*5-16,31-32H,1-4H3. The average molecular weight is 1030 g/mol. The number of ether oxygens (including phenoxy) is 8. The summed E-state index contributed by atoms with van der Waals surface area (Å²) in [4.78, 5) is 53.5. The van der Waals surface area contributed by atoms with E-state index in [-0.39, 0.29) is 67.5 Å². The van der Waals surface area contributed by atoms with Gasteiger partial charge in [0.15, 0.2) is 23.1 Å². The van der Waals surface area contributed by atoms with Gasteiger partial charge in [-0.1, -0.05) is 24.3 Å². The Labute approximate surface area is 437 Å². The fourth-order valence-electron chi connectivity index (χ4n) is 8.11. The SMILES string of the molecule is COc1ccc(C(=O)c2cc(-c3ccc(O)c(C(=O)c4ccc(OC)cc4OC)c3)ccc2O)c(OC)c1.COc1ccc(C(=O)c2cc(-c3ccc(O)c(C(=O)c4ccc(OC)cc4OC)c3)ccc2O)c(OC)c1. The Morgan fingerprint density at radius 2 is 0.447 bits per heavy atom. The summed E-state index contributed by atoms with van der Waals surface area (Å²) in [5.74, 6) is 0.585. The van der Waals surface area contributed by atoms with Gasteiger partial charge in [0.2, 0.25) is 0 Å². The third kappa shape index (κ3) is 11.3. The Kier molecular flexibility index (Phi) is 16.8. The number of phenolic OH excluding ortho intramolecular Hbond substituents is 4. The second-order valence-electron chi connectivity index (χ2n) is 16.5. The first-order valence-electron chi connectivity index (χ1n) is 23.0. The molecule has 0 heterocycles. The number of carbonyl (C=O) groups excluding carboxylic acids is 4. The number of carbonyl (C=O) groups is 4. The van der Waals surface area contributed by atoms with Crippen molar-refractivity contribution in [1.82, 2.24) is 0 Å². The molecule has 0 aliphatic heterocycles. The van der Waals surface area contributed by atoms with Gasteiger partial charge in [-0.2, -0.15) is 0 Å². The Morgan fingerprint density at radius 1 is 0.250 bits per heavy atom. The fourth-order valence-corrected chi connectivity index (χ4v) is 8.11. The van der Waals surface area contributed by atoms with Crippen LogP contribution >= 0.6 is 0 Å². The molecule has 388 valence electrons. The summed E-state index contributed by atoms with van der Waals surface area (Å²) >= 11 is 0. The van der Waals surface area contributed by atoms with Crippen molar-refractivity contribution in [2.24, 2.45) is 0 Å². The van der Waals surface area contributed by atoms with Crippen LogP contribution < -0.4 is 37.9 Å². The molecule has 0 spiro atoms. The maximum Gasteiger partial charge on any atom is 0.200 e. The number of benzene rings is 8. The van der Waals surface area contributed by atoms with Crippen LogP contribution in [0.2, 0.25) is 0 Å². The van der Waals surface area contributed by atoms with Crippen molar-refractivity contribution in [3.63, 3.8) is 0 Å². The lowest BCUT2D eigenvalue weighted by Crippen LogP contribution is -2.06. The molecule has 0 atom stereocenters. The molecule has 0 fully saturated rings. The van der Waals surface area contributed by atoms with Crippen molar-refractivity contribution < 1.29 is 77.5 Å². The molecular weight excluding hydrogens is 977 g/mol. The number of rotatable bonds is 18. The molecule has 8 rings (SSSR count). The molecule has 0 radical (unpaired) electrons.